The maximum Gasteiger partial charge on any atom is 0.492 e. The predicted octanol–water partition coefficient (Wildman–Crippen LogP) is -0.583. The van der Waals surface area contributed by atoms with E-state index >= 15 is 0 Å². The van der Waals surface area contributed by atoms with Crippen molar-refractivity contribution < 1.29 is 55.9 Å². The summed E-state index contributed by atoms with van der Waals surface area (Å²) >= 11 is 0. The molecular formula is C10H14N5O12P3. The lowest BCUT2D eigenvalue weighted by Crippen LogP contribution is -2.33. The lowest BCUT2D eigenvalue weighted by molar-refractivity contribution is -0.0506. The summed E-state index contributed by atoms with van der Waals surface area (Å²) in [6.07, 6.45) is -3.38. The minimum atomic E-state index is -5.22. The zero-order chi connectivity index (χ0) is 21.9. The molecule has 0 spiro atoms. The van der Waals surface area contributed by atoms with Crippen LogP contribution in [-0.2, 0) is 35.9 Å². The number of anilines is 1. The van der Waals surface area contributed by atoms with Gasteiger partial charge in [0.25, 0.3) is 0 Å². The summed E-state index contributed by atoms with van der Waals surface area (Å²) in [7, 11) is -15.5. The zero-order valence-electron chi connectivity index (χ0n) is 14.4. The summed E-state index contributed by atoms with van der Waals surface area (Å²) in [6.45, 7) is -0.838. The number of nitrogens with zero attached hydrogens (tertiary/aromatic N) is 4. The average Bonchev–Trinajstić information content (AvgIpc) is 3.13. The van der Waals surface area contributed by atoms with Crippen molar-refractivity contribution in [2.75, 3.05) is 12.3 Å². The van der Waals surface area contributed by atoms with E-state index in [2.05, 4.69) is 27.9 Å². The van der Waals surface area contributed by atoms with Crippen LogP contribution in [0.4, 0.5) is 5.82 Å². The first-order valence-electron chi connectivity index (χ1n) is 7.88. The second-order valence-electron chi connectivity index (χ2n) is 6.05. The standard InChI is InChI=1S/C10H14N5O12P3/c11-8-5-9(13-2-12-8)15(3-14-5)10-7(17)6(16)4(24-10)1-23-30(22)26-28(18,19)25-29(20,21)27-30/h2-4,6-7,10,16-17H,1H2,(H,18,19)(H,20,21)(H2,11,12,13). The molecule has 6 atom stereocenters. The number of phosphoric acid groups is 3. The molecule has 30 heavy (non-hydrogen) atoms. The van der Waals surface area contributed by atoms with Crippen molar-refractivity contribution in [2.45, 2.75) is 24.5 Å². The number of hydrogen-bond donors (Lipinski definition) is 5. The van der Waals surface area contributed by atoms with Gasteiger partial charge < -0.3 is 30.5 Å². The second kappa shape index (κ2) is 7.38. The molecule has 0 radical (unpaired) electrons. The van der Waals surface area contributed by atoms with Gasteiger partial charge in [0.1, 0.15) is 30.2 Å². The minimum Gasteiger partial charge on any atom is -0.387 e. The van der Waals surface area contributed by atoms with Gasteiger partial charge in [-0.05, 0) is 0 Å². The topological polar surface area (TPSA) is 248 Å². The molecule has 4 heterocycles. The van der Waals surface area contributed by atoms with Gasteiger partial charge in [0.15, 0.2) is 17.7 Å². The molecule has 0 saturated carbocycles. The number of nitrogen functional groups attached to an aromatic ring is 1. The molecule has 0 amide bonds. The van der Waals surface area contributed by atoms with Crippen molar-refractivity contribution in [3.8, 4) is 0 Å². The van der Waals surface area contributed by atoms with Crippen LogP contribution in [0.2, 0.25) is 0 Å². The molecule has 0 bridgehead atoms. The number of imidazole rings is 1. The first-order valence-corrected chi connectivity index (χ1v) is 12.3. The van der Waals surface area contributed by atoms with E-state index in [1.54, 1.807) is 0 Å². The van der Waals surface area contributed by atoms with Crippen LogP contribution in [0.5, 0.6) is 0 Å². The lowest BCUT2D eigenvalue weighted by atomic mass is 10.1. The molecule has 2 saturated heterocycles. The van der Waals surface area contributed by atoms with Gasteiger partial charge in [-0.1, -0.05) is 0 Å². The molecule has 2 aliphatic rings. The zero-order valence-corrected chi connectivity index (χ0v) is 17.1. The number of aliphatic hydroxyl groups is 2. The van der Waals surface area contributed by atoms with Gasteiger partial charge >= 0.3 is 23.5 Å². The first kappa shape index (κ1) is 21.9. The highest BCUT2D eigenvalue weighted by molar-refractivity contribution is 7.74. The van der Waals surface area contributed by atoms with Crippen LogP contribution in [0.1, 0.15) is 6.23 Å². The van der Waals surface area contributed by atoms with Crippen molar-refractivity contribution in [3.05, 3.63) is 12.7 Å². The minimum absolute atomic E-state index is 0.0699. The third kappa shape index (κ3) is 4.08. The van der Waals surface area contributed by atoms with E-state index in [0.29, 0.717) is 0 Å². The molecule has 0 aromatic carbocycles. The van der Waals surface area contributed by atoms with Crippen LogP contribution >= 0.6 is 23.5 Å². The molecule has 6 N–H and O–H groups in total. The fourth-order valence-electron chi connectivity index (χ4n) is 2.79. The summed E-state index contributed by atoms with van der Waals surface area (Å²) in [5, 5.41) is 20.5. The highest BCUT2D eigenvalue weighted by atomic mass is 31.3. The van der Waals surface area contributed by atoms with E-state index in [-0.39, 0.29) is 17.0 Å². The van der Waals surface area contributed by atoms with Crippen LogP contribution in [0.3, 0.4) is 0 Å². The van der Waals surface area contributed by atoms with E-state index in [1.807, 2.05) is 0 Å². The molecule has 2 aromatic heterocycles. The maximum absolute atomic E-state index is 12.3. The van der Waals surface area contributed by atoms with Gasteiger partial charge in [0, 0.05) is 0 Å². The van der Waals surface area contributed by atoms with Crippen molar-refractivity contribution in [1.29, 1.82) is 0 Å². The van der Waals surface area contributed by atoms with Gasteiger partial charge in [0.2, 0.25) is 0 Å². The van der Waals surface area contributed by atoms with Crippen molar-refractivity contribution in [1.82, 2.24) is 19.5 Å². The second-order valence-corrected chi connectivity index (χ2v) is 11.0. The molecule has 2 fully saturated rings. The van der Waals surface area contributed by atoms with Crippen molar-refractivity contribution in [3.63, 3.8) is 0 Å². The summed E-state index contributed by atoms with van der Waals surface area (Å²) in [5.41, 5.74) is 6.09. The maximum atomic E-state index is 12.3. The Morgan fingerprint density at radius 2 is 1.73 bits per heavy atom. The average molecular weight is 489 g/mol. The highest BCUT2D eigenvalue weighted by Crippen LogP contribution is 2.80. The normalized spacial score (nSPS) is 42.0. The van der Waals surface area contributed by atoms with Gasteiger partial charge in [-0.3, -0.25) is 9.09 Å². The SMILES string of the molecule is Nc1ncnc2c1ncn2C1OC(COP2(=O)OP(=O)(O)OP(=O)(O)O2)C(O)C1O. The summed E-state index contributed by atoms with van der Waals surface area (Å²) in [5.74, 6) is 0.0699. The number of ether oxygens (including phenoxy) is 1. The Morgan fingerprint density at radius 1 is 1.07 bits per heavy atom. The Kier molecular flexibility index (Phi) is 5.38. The Bertz CT molecular complexity index is 1100. The monoisotopic (exact) mass is 489 g/mol. The van der Waals surface area contributed by atoms with Crippen LogP contribution in [-0.4, -0.2) is 64.4 Å². The fourth-order valence-corrected chi connectivity index (χ4v) is 7.73. The number of fused-ring (bicyclic) bond motifs is 1. The largest absolute Gasteiger partial charge is 0.492 e. The summed E-state index contributed by atoms with van der Waals surface area (Å²) < 4.78 is 58.6. The van der Waals surface area contributed by atoms with Crippen LogP contribution < -0.4 is 5.73 Å². The van der Waals surface area contributed by atoms with Crippen molar-refractivity contribution >= 4 is 40.4 Å². The molecule has 0 aliphatic carbocycles. The molecule has 20 heteroatoms. The van der Waals surface area contributed by atoms with Crippen LogP contribution in [0.15, 0.2) is 12.7 Å². The molecular weight excluding hydrogens is 475 g/mol. The Balaban J connectivity index is 1.51. The number of aromatic nitrogens is 4. The van der Waals surface area contributed by atoms with Crippen molar-refractivity contribution in [2.24, 2.45) is 0 Å². The third-order valence-electron chi connectivity index (χ3n) is 4.01. The summed E-state index contributed by atoms with van der Waals surface area (Å²) in [4.78, 5) is 30.2. The number of hydrogen-bond acceptors (Lipinski definition) is 14. The van der Waals surface area contributed by atoms with E-state index in [4.69, 9.17) is 15.0 Å². The Morgan fingerprint density at radius 3 is 2.40 bits per heavy atom. The first-order chi connectivity index (χ1) is 13.9. The van der Waals surface area contributed by atoms with Gasteiger partial charge in [-0.15, -0.1) is 0 Å². The predicted molar refractivity (Wildman–Crippen MR) is 92.1 cm³/mol. The quantitative estimate of drug-likeness (QED) is 0.337. The van der Waals surface area contributed by atoms with Gasteiger partial charge in [-0.25, -0.2) is 28.6 Å². The molecule has 6 unspecified atom stereocenters. The van der Waals surface area contributed by atoms with E-state index in [9.17, 15) is 33.7 Å². The molecule has 2 aliphatic heterocycles. The van der Waals surface area contributed by atoms with Crippen LogP contribution in [0.25, 0.3) is 11.2 Å². The number of aliphatic hydroxyl groups excluding tert-OH is 2. The lowest BCUT2D eigenvalue weighted by Gasteiger charge is -2.27. The van der Waals surface area contributed by atoms with E-state index < -0.39 is 54.6 Å². The molecule has 166 valence electrons. The van der Waals surface area contributed by atoms with E-state index in [0.717, 1.165) is 6.33 Å². The summed E-state index contributed by atoms with van der Waals surface area (Å²) in [6, 6.07) is 0. The number of rotatable bonds is 4. The Hall–Kier alpha value is -1.32. The van der Waals surface area contributed by atoms with E-state index in [1.165, 1.54) is 10.9 Å². The molecule has 4 rings (SSSR count). The smallest absolute Gasteiger partial charge is 0.387 e. The number of nitrogens with two attached hydrogens (primary N) is 1. The molecule has 2 aromatic rings. The Labute approximate surface area is 166 Å². The van der Waals surface area contributed by atoms with Gasteiger partial charge in [0.05, 0.1) is 12.9 Å². The van der Waals surface area contributed by atoms with Gasteiger partial charge in [-0.2, -0.15) is 12.9 Å². The molecule has 17 nitrogen and oxygen atoms in total. The third-order valence-corrected chi connectivity index (χ3v) is 9.38. The highest BCUT2D eigenvalue weighted by Gasteiger charge is 2.55. The van der Waals surface area contributed by atoms with Crippen LogP contribution in [0, 0.1) is 0 Å². The fraction of sp³-hybridized carbons (Fsp3) is 0.500.